The summed E-state index contributed by atoms with van der Waals surface area (Å²) in [7, 11) is 3.11. The second-order valence-electron chi connectivity index (χ2n) is 6.00. The van der Waals surface area contributed by atoms with Gasteiger partial charge in [-0.2, -0.15) is 0 Å². The third kappa shape index (κ3) is 3.77. The number of amides is 2. The van der Waals surface area contributed by atoms with Crippen molar-refractivity contribution in [3.8, 4) is 11.6 Å². The fourth-order valence-corrected chi connectivity index (χ4v) is 2.98. The maximum Gasteiger partial charge on any atom is 0.227 e. The number of carbonyl (C=O) groups is 2. The molecule has 1 aliphatic heterocycles. The zero-order chi connectivity index (χ0) is 18.5. The Balaban J connectivity index is 1.63. The van der Waals surface area contributed by atoms with Crippen LogP contribution in [-0.2, 0) is 16.1 Å². The van der Waals surface area contributed by atoms with Crippen molar-refractivity contribution < 1.29 is 19.1 Å². The normalized spacial score (nSPS) is 16.5. The number of benzene rings is 1. The average Bonchev–Trinajstić information content (AvgIpc) is 3.08. The highest BCUT2D eigenvalue weighted by Gasteiger charge is 2.35. The van der Waals surface area contributed by atoms with Crippen molar-refractivity contribution >= 4 is 17.5 Å². The summed E-state index contributed by atoms with van der Waals surface area (Å²) in [6.45, 7) is 0.654. The van der Waals surface area contributed by atoms with Gasteiger partial charge < -0.3 is 19.7 Å². The molecular weight excluding hydrogens is 334 g/mol. The highest BCUT2D eigenvalue weighted by atomic mass is 16.5. The minimum atomic E-state index is -0.392. The summed E-state index contributed by atoms with van der Waals surface area (Å²) in [6.07, 6.45) is 1.82. The first-order valence-electron chi connectivity index (χ1n) is 8.32. The highest BCUT2D eigenvalue weighted by Crippen LogP contribution is 2.28. The van der Waals surface area contributed by atoms with E-state index in [1.807, 2.05) is 24.3 Å². The van der Waals surface area contributed by atoms with Crippen LogP contribution in [0.3, 0.4) is 0 Å². The molecule has 2 aromatic rings. The molecule has 0 aliphatic carbocycles. The fraction of sp³-hybridized carbons (Fsp3) is 0.316. The first kappa shape index (κ1) is 17.7. The monoisotopic (exact) mass is 355 g/mol. The molecule has 0 bridgehead atoms. The Bertz CT molecular complexity index is 809. The second-order valence-corrected chi connectivity index (χ2v) is 6.00. The van der Waals surface area contributed by atoms with E-state index in [1.165, 1.54) is 7.11 Å². The van der Waals surface area contributed by atoms with Crippen LogP contribution in [0.5, 0.6) is 11.6 Å². The Morgan fingerprint density at radius 1 is 1.27 bits per heavy atom. The van der Waals surface area contributed by atoms with E-state index in [4.69, 9.17) is 9.47 Å². The van der Waals surface area contributed by atoms with E-state index in [2.05, 4.69) is 10.3 Å². The summed E-state index contributed by atoms with van der Waals surface area (Å²) in [5.41, 5.74) is 1.52. The van der Waals surface area contributed by atoms with E-state index >= 15 is 0 Å². The van der Waals surface area contributed by atoms with Gasteiger partial charge in [0.15, 0.2) is 0 Å². The topological polar surface area (TPSA) is 80.8 Å². The predicted molar refractivity (Wildman–Crippen MR) is 96.1 cm³/mol. The second kappa shape index (κ2) is 7.86. The first-order valence-corrected chi connectivity index (χ1v) is 8.32. The van der Waals surface area contributed by atoms with Gasteiger partial charge in [-0.25, -0.2) is 4.98 Å². The molecule has 1 saturated heterocycles. The molecule has 7 heteroatoms. The Morgan fingerprint density at radius 2 is 2.12 bits per heavy atom. The van der Waals surface area contributed by atoms with Crippen LogP contribution >= 0.6 is 0 Å². The van der Waals surface area contributed by atoms with Crippen LogP contribution in [0.1, 0.15) is 12.0 Å². The molecule has 7 nitrogen and oxygen atoms in total. The molecule has 1 aromatic heterocycles. The van der Waals surface area contributed by atoms with E-state index in [0.29, 0.717) is 24.7 Å². The van der Waals surface area contributed by atoms with Crippen molar-refractivity contribution in [1.29, 1.82) is 0 Å². The fourth-order valence-electron chi connectivity index (χ4n) is 2.98. The van der Waals surface area contributed by atoms with Crippen LogP contribution in [0.4, 0.5) is 5.69 Å². The number of anilines is 1. The third-order valence-corrected chi connectivity index (χ3v) is 4.36. The summed E-state index contributed by atoms with van der Waals surface area (Å²) in [5.74, 6) is 0.531. The lowest BCUT2D eigenvalue weighted by atomic mass is 10.1. The van der Waals surface area contributed by atoms with Crippen molar-refractivity contribution in [2.24, 2.45) is 5.92 Å². The number of hydrogen-bond donors (Lipinski definition) is 1. The van der Waals surface area contributed by atoms with Crippen LogP contribution in [-0.4, -0.2) is 37.6 Å². The molecule has 3 rings (SSSR count). The molecule has 26 heavy (non-hydrogen) atoms. The Hall–Kier alpha value is -3.09. The maximum atomic E-state index is 12.5. The zero-order valence-electron chi connectivity index (χ0n) is 14.8. The zero-order valence-corrected chi connectivity index (χ0v) is 14.8. The summed E-state index contributed by atoms with van der Waals surface area (Å²) in [4.78, 5) is 30.6. The quantitative estimate of drug-likeness (QED) is 0.854. The van der Waals surface area contributed by atoms with Crippen LogP contribution in [0.15, 0.2) is 42.6 Å². The lowest BCUT2D eigenvalue weighted by Crippen LogP contribution is -2.32. The molecule has 0 saturated carbocycles. The molecule has 0 spiro atoms. The number of nitrogens with zero attached hydrogens (tertiary/aromatic N) is 2. The molecule has 2 amide bonds. The molecule has 1 fully saturated rings. The van der Waals surface area contributed by atoms with Crippen molar-refractivity contribution in [3.63, 3.8) is 0 Å². The molecule has 1 atom stereocenters. The number of nitrogens with one attached hydrogen (secondary N) is 1. The van der Waals surface area contributed by atoms with Crippen LogP contribution < -0.4 is 19.7 Å². The summed E-state index contributed by atoms with van der Waals surface area (Å²) in [5, 5.41) is 2.87. The van der Waals surface area contributed by atoms with Gasteiger partial charge in [0.25, 0.3) is 0 Å². The number of rotatable bonds is 6. The van der Waals surface area contributed by atoms with E-state index < -0.39 is 5.92 Å². The number of pyridine rings is 1. The van der Waals surface area contributed by atoms with Gasteiger partial charge in [0.2, 0.25) is 17.7 Å². The number of ether oxygens (including phenoxy) is 2. The average molecular weight is 355 g/mol. The predicted octanol–water partition coefficient (Wildman–Crippen LogP) is 1.77. The minimum absolute atomic E-state index is 0.0719. The van der Waals surface area contributed by atoms with Gasteiger partial charge in [-0.05, 0) is 18.2 Å². The van der Waals surface area contributed by atoms with Gasteiger partial charge in [0, 0.05) is 43.0 Å². The number of methoxy groups -OCH3 is 2. The lowest BCUT2D eigenvalue weighted by molar-refractivity contribution is -0.126. The van der Waals surface area contributed by atoms with Crippen LogP contribution in [0, 0.1) is 5.92 Å². The molecule has 1 aliphatic rings. The maximum absolute atomic E-state index is 12.5. The summed E-state index contributed by atoms with van der Waals surface area (Å²) in [6, 6.07) is 10.9. The molecule has 1 unspecified atom stereocenters. The van der Waals surface area contributed by atoms with Gasteiger partial charge in [-0.15, -0.1) is 0 Å². The lowest BCUT2D eigenvalue weighted by Gasteiger charge is -2.17. The van der Waals surface area contributed by atoms with Crippen molar-refractivity contribution in [1.82, 2.24) is 10.3 Å². The van der Waals surface area contributed by atoms with Gasteiger partial charge in [-0.1, -0.05) is 12.1 Å². The Kier molecular flexibility index (Phi) is 5.36. The van der Waals surface area contributed by atoms with E-state index in [-0.39, 0.29) is 18.2 Å². The van der Waals surface area contributed by atoms with Crippen molar-refractivity contribution in [2.45, 2.75) is 13.0 Å². The number of carbonyl (C=O) groups excluding carboxylic acids is 2. The Labute approximate surface area is 151 Å². The van der Waals surface area contributed by atoms with Crippen molar-refractivity contribution in [2.75, 3.05) is 25.7 Å². The van der Waals surface area contributed by atoms with Gasteiger partial charge >= 0.3 is 0 Å². The number of hydrogen-bond acceptors (Lipinski definition) is 5. The molecule has 136 valence electrons. The molecule has 1 aromatic carbocycles. The van der Waals surface area contributed by atoms with E-state index in [1.54, 1.807) is 30.3 Å². The van der Waals surface area contributed by atoms with Gasteiger partial charge in [0.1, 0.15) is 5.75 Å². The smallest absolute Gasteiger partial charge is 0.227 e. The molecule has 2 heterocycles. The van der Waals surface area contributed by atoms with Gasteiger partial charge in [0.05, 0.1) is 20.1 Å². The Morgan fingerprint density at radius 3 is 2.88 bits per heavy atom. The SMILES string of the molecule is COc1cccc(N2CC(C(=O)NCc3cccnc3OC)CC2=O)c1. The number of aromatic nitrogens is 1. The molecule has 1 N–H and O–H groups in total. The molecule has 0 radical (unpaired) electrons. The first-order chi connectivity index (χ1) is 12.6. The van der Waals surface area contributed by atoms with E-state index in [0.717, 1.165) is 11.3 Å². The minimum Gasteiger partial charge on any atom is -0.497 e. The molecular formula is C19H21N3O4. The standard InChI is InChI=1S/C19H21N3O4/c1-25-16-7-3-6-15(10-16)22-12-14(9-17(22)23)18(24)21-11-13-5-4-8-20-19(13)26-2/h3-8,10,14H,9,11-12H2,1-2H3,(H,21,24). The van der Waals surface area contributed by atoms with Crippen LogP contribution in [0.25, 0.3) is 0 Å². The summed E-state index contributed by atoms with van der Waals surface area (Å²) < 4.78 is 10.4. The third-order valence-electron chi connectivity index (χ3n) is 4.36. The largest absolute Gasteiger partial charge is 0.497 e. The van der Waals surface area contributed by atoms with Crippen molar-refractivity contribution in [3.05, 3.63) is 48.2 Å². The summed E-state index contributed by atoms with van der Waals surface area (Å²) >= 11 is 0. The van der Waals surface area contributed by atoms with Crippen LogP contribution in [0.2, 0.25) is 0 Å². The highest BCUT2D eigenvalue weighted by molar-refractivity contribution is 6.00. The van der Waals surface area contributed by atoms with E-state index in [9.17, 15) is 9.59 Å². The van der Waals surface area contributed by atoms with Gasteiger partial charge in [-0.3, -0.25) is 9.59 Å².